The molecule has 2 heterocycles. The van der Waals surface area contributed by atoms with Crippen LogP contribution in [0.25, 0.3) is 0 Å². The zero-order valence-electron chi connectivity index (χ0n) is 18.5. The fourth-order valence-corrected chi connectivity index (χ4v) is 4.53. The summed E-state index contributed by atoms with van der Waals surface area (Å²) in [6.07, 6.45) is 5.36. The first-order valence-corrected chi connectivity index (χ1v) is 11.6. The van der Waals surface area contributed by atoms with Crippen molar-refractivity contribution in [1.29, 1.82) is 0 Å². The van der Waals surface area contributed by atoms with Gasteiger partial charge in [-0.1, -0.05) is 18.2 Å². The van der Waals surface area contributed by atoms with Gasteiger partial charge in [-0.2, -0.15) is 0 Å². The molecule has 2 fully saturated rings. The lowest BCUT2D eigenvalue weighted by Crippen LogP contribution is -2.42. The Hall–Kier alpha value is -2.89. The van der Waals surface area contributed by atoms with Gasteiger partial charge in [-0.05, 0) is 68.0 Å². The van der Waals surface area contributed by atoms with E-state index in [1.807, 2.05) is 34.1 Å². The Morgan fingerprint density at radius 1 is 0.906 bits per heavy atom. The van der Waals surface area contributed by atoms with Crippen molar-refractivity contribution in [1.82, 2.24) is 9.80 Å². The van der Waals surface area contributed by atoms with Crippen LogP contribution in [0.3, 0.4) is 0 Å². The molecule has 2 aliphatic heterocycles. The van der Waals surface area contributed by atoms with Crippen molar-refractivity contribution in [3.8, 4) is 5.75 Å². The quantitative estimate of drug-likeness (QED) is 0.675. The predicted octanol–water partition coefficient (Wildman–Crippen LogP) is 4.31. The minimum absolute atomic E-state index is 0.0413. The molecular weight excluding hydrogens is 407 g/mol. The first kappa shape index (κ1) is 22.3. The summed E-state index contributed by atoms with van der Waals surface area (Å²) in [6, 6.07) is 13.8. The van der Waals surface area contributed by atoms with E-state index in [1.54, 1.807) is 18.2 Å². The zero-order valence-corrected chi connectivity index (χ0v) is 18.5. The number of ether oxygens (including phenoxy) is 1. The third kappa shape index (κ3) is 5.67. The molecule has 2 aromatic rings. The van der Waals surface area contributed by atoms with Crippen LogP contribution in [0.1, 0.15) is 48.0 Å². The molecule has 0 spiro atoms. The van der Waals surface area contributed by atoms with Gasteiger partial charge in [0, 0.05) is 37.7 Å². The highest BCUT2D eigenvalue weighted by molar-refractivity contribution is 5.94. The number of carbonyl (C=O) groups is 2. The van der Waals surface area contributed by atoms with Crippen LogP contribution in [0.5, 0.6) is 5.75 Å². The average Bonchev–Trinajstić information content (AvgIpc) is 2.85. The van der Waals surface area contributed by atoms with Crippen LogP contribution < -0.4 is 4.74 Å². The highest BCUT2D eigenvalue weighted by Gasteiger charge is 2.25. The summed E-state index contributed by atoms with van der Waals surface area (Å²) in [6.45, 7) is 3.52. The molecule has 0 saturated carbocycles. The minimum atomic E-state index is -0.333. The summed E-state index contributed by atoms with van der Waals surface area (Å²) in [5.41, 5.74) is 1.14. The van der Waals surface area contributed by atoms with E-state index >= 15 is 0 Å². The molecule has 170 valence electrons. The van der Waals surface area contributed by atoms with E-state index in [2.05, 4.69) is 0 Å². The van der Waals surface area contributed by atoms with E-state index in [0.717, 1.165) is 44.5 Å². The molecule has 0 N–H and O–H groups in total. The van der Waals surface area contributed by atoms with Gasteiger partial charge in [-0.25, -0.2) is 4.39 Å². The Morgan fingerprint density at radius 3 is 2.38 bits per heavy atom. The van der Waals surface area contributed by atoms with Crippen molar-refractivity contribution < 1.29 is 18.7 Å². The Bertz CT molecular complexity index is 925. The van der Waals surface area contributed by atoms with E-state index in [9.17, 15) is 14.0 Å². The number of rotatable bonds is 6. The Morgan fingerprint density at radius 2 is 1.62 bits per heavy atom. The minimum Gasteiger partial charge on any atom is -0.493 e. The molecule has 2 amide bonds. The molecule has 32 heavy (non-hydrogen) atoms. The maximum Gasteiger partial charge on any atom is 0.253 e. The van der Waals surface area contributed by atoms with Crippen molar-refractivity contribution in [3.05, 3.63) is 65.5 Å². The maximum atomic E-state index is 13.9. The Kier molecular flexibility index (Phi) is 7.40. The van der Waals surface area contributed by atoms with Crippen LogP contribution in [0.15, 0.2) is 48.5 Å². The van der Waals surface area contributed by atoms with Gasteiger partial charge in [0.2, 0.25) is 5.91 Å². The number of hydrogen-bond donors (Lipinski definition) is 0. The molecule has 0 radical (unpaired) electrons. The molecule has 5 nitrogen and oxygen atoms in total. The van der Waals surface area contributed by atoms with Gasteiger partial charge in [0.25, 0.3) is 5.91 Å². The largest absolute Gasteiger partial charge is 0.493 e. The molecule has 2 aromatic carbocycles. The Labute approximate surface area is 189 Å². The van der Waals surface area contributed by atoms with Gasteiger partial charge in [-0.3, -0.25) is 9.59 Å². The summed E-state index contributed by atoms with van der Waals surface area (Å²) >= 11 is 0. The summed E-state index contributed by atoms with van der Waals surface area (Å²) in [4.78, 5) is 29.0. The first-order valence-electron chi connectivity index (χ1n) is 11.6. The van der Waals surface area contributed by atoms with Gasteiger partial charge < -0.3 is 14.5 Å². The summed E-state index contributed by atoms with van der Waals surface area (Å²) in [5.74, 6) is 0.686. The van der Waals surface area contributed by atoms with Gasteiger partial charge in [0.05, 0.1) is 13.0 Å². The van der Waals surface area contributed by atoms with Crippen molar-refractivity contribution in [2.75, 3.05) is 32.8 Å². The molecule has 2 saturated heterocycles. The molecule has 0 unspecified atom stereocenters. The van der Waals surface area contributed by atoms with E-state index in [0.29, 0.717) is 30.8 Å². The van der Waals surface area contributed by atoms with Crippen molar-refractivity contribution in [2.24, 2.45) is 5.92 Å². The van der Waals surface area contributed by atoms with Crippen LogP contribution in [0, 0.1) is 11.7 Å². The molecule has 0 aliphatic carbocycles. The molecule has 2 aliphatic rings. The maximum absolute atomic E-state index is 13.9. The number of piperidine rings is 2. The third-order valence-corrected chi connectivity index (χ3v) is 6.40. The average molecular weight is 439 g/mol. The molecule has 6 heteroatoms. The van der Waals surface area contributed by atoms with Gasteiger partial charge in [-0.15, -0.1) is 0 Å². The van der Waals surface area contributed by atoms with E-state index in [4.69, 9.17) is 4.74 Å². The molecule has 4 rings (SSSR count). The standard InChI is InChI=1S/C26H31FN2O3/c27-24-9-3-2-8-22(24)17-25(30)29-16-6-7-20(18-29)19-32-23-12-10-21(11-13-23)26(31)28-14-4-1-5-15-28/h2-3,8-13,20H,1,4-7,14-19H2/t20-/m1/s1. The summed E-state index contributed by atoms with van der Waals surface area (Å²) in [7, 11) is 0. The number of nitrogens with zero attached hydrogens (tertiary/aromatic N) is 2. The lowest BCUT2D eigenvalue weighted by Gasteiger charge is -2.32. The normalized spacial score (nSPS) is 19.0. The fraction of sp³-hybridized carbons (Fsp3) is 0.462. The van der Waals surface area contributed by atoms with Crippen molar-refractivity contribution >= 4 is 11.8 Å². The van der Waals surface area contributed by atoms with Crippen LogP contribution >= 0.6 is 0 Å². The number of carbonyl (C=O) groups excluding carboxylic acids is 2. The predicted molar refractivity (Wildman–Crippen MR) is 121 cm³/mol. The van der Waals surface area contributed by atoms with E-state index in [-0.39, 0.29) is 30.0 Å². The number of likely N-dealkylation sites (tertiary alicyclic amines) is 2. The van der Waals surface area contributed by atoms with Crippen molar-refractivity contribution in [2.45, 2.75) is 38.5 Å². The SMILES string of the molecule is O=C(Cc1ccccc1F)N1CCC[C@@H](COc2ccc(C(=O)N3CCCCC3)cc2)C1. The highest BCUT2D eigenvalue weighted by Crippen LogP contribution is 2.21. The second-order valence-electron chi connectivity index (χ2n) is 8.80. The highest BCUT2D eigenvalue weighted by atomic mass is 19.1. The first-order chi connectivity index (χ1) is 15.6. The number of halogens is 1. The fourth-order valence-electron chi connectivity index (χ4n) is 4.53. The van der Waals surface area contributed by atoms with Crippen molar-refractivity contribution in [3.63, 3.8) is 0 Å². The van der Waals surface area contributed by atoms with E-state index in [1.165, 1.54) is 12.5 Å². The van der Waals surface area contributed by atoms with Crippen LogP contribution in [-0.2, 0) is 11.2 Å². The second-order valence-corrected chi connectivity index (χ2v) is 8.80. The molecule has 0 aromatic heterocycles. The van der Waals surface area contributed by atoms with Gasteiger partial charge >= 0.3 is 0 Å². The van der Waals surface area contributed by atoms with Crippen LogP contribution in [0.4, 0.5) is 4.39 Å². The van der Waals surface area contributed by atoms with Crippen LogP contribution in [0.2, 0.25) is 0 Å². The Balaban J connectivity index is 1.26. The van der Waals surface area contributed by atoms with E-state index < -0.39 is 0 Å². The number of hydrogen-bond acceptors (Lipinski definition) is 3. The smallest absolute Gasteiger partial charge is 0.253 e. The summed E-state index contributed by atoms with van der Waals surface area (Å²) in [5, 5.41) is 0. The van der Waals surface area contributed by atoms with Gasteiger partial charge in [0.1, 0.15) is 11.6 Å². The summed E-state index contributed by atoms with van der Waals surface area (Å²) < 4.78 is 19.8. The van der Waals surface area contributed by atoms with Crippen LogP contribution in [-0.4, -0.2) is 54.4 Å². The number of amides is 2. The topological polar surface area (TPSA) is 49.9 Å². The third-order valence-electron chi connectivity index (χ3n) is 6.40. The second kappa shape index (κ2) is 10.6. The lowest BCUT2D eigenvalue weighted by molar-refractivity contribution is -0.132. The molecular formula is C26H31FN2O3. The molecule has 1 atom stereocenters. The lowest BCUT2D eigenvalue weighted by atomic mass is 9.98. The molecule has 0 bridgehead atoms. The zero-order chi connectivity index (χ0) is 22.3. The van der Waals surface area contributed by atoms with Gasteiger partial charge in [0.15, 0.2) is 0 Å². The number of benzene rings is 2. The monoisotopic (exact) mass is 438 g/mol.